The van der Waals surface area contributed by atoms with Crippen LogP contribution in [0.1, 0.15) is 5.56 Å². The number of hydrogen-bond acceptors (Lipinski definition) is 1. The zero-order valence-electron chi connectivity index (χ0n) is 9.20. The van der Waals surface area contributed by atoms with E-state index in [-0.39, 0.29) is 0 Å². The van der Waals surface area contributed by atoms with Gasteiger partial charge in [-0.05, 0) is 46.8 Å². The van der Waals surface area contributed by atoms with Gasteiger partial charge < -0.3 is 5.73 Å². The van der Waals surface area contributed by atoms with Gasteiger partial charge in [0.25, 0.3) is 0 Å². The minimum Gasteiger partial charge on any atom is -0.398 e. The van der Waals surface area contributed by atoms with Crippen LogP contribution in [-0.2, 0) is 0 Å². The minimum absolute atomic E-state index is 0.853. The molecule has 2 N–H and O–H groups in total. The topological polar surface area (TPSA) is 26.0 Å². The lowest BCUT2D eigenvalue weighted by Gasteiger charge is -2.07. The molecular weight excluding hydrogens is 194 g/mol. The lowest BCUT2D eigenvalue weighted by Crippen LogP contribution is -1.88. The summed E-state index contributed by atoms with van der Waals surface area (Å²) in [5, 5.41) is 4.91. The van der Waals surface area contributed by atoms with Crippen LogP contribution in [0.4, 0.5) is 5.69 Å². The molecule has 0 aromatic heterocycles. The van der Waals surface area contributed by atoms with E-state index in [9.17, 15) is 0 Å². The third-order valence-corrected chi connectivity index (χ3v) is 3.13. The molecule has 0 aliphatic rings. The lowest BCUT2D eigenvalue weighted by molar-refractivity contribution is 1.54. The largest absolute Gasteiger partial charge is 0.398 e. The summed E-state index contributed by atoms with van der Waals surface area (Å²) in [4.78, 5) is 0. The molecular formula is C15H13N. The molecule has 0 fully saturated rings. The highest BCUT2D eigenvalue weighted by Crippen LogP contribution is 2.29. The van der Waals surface area contributed by atoms with Crippen LogP contribution < -0.4 is 5.73 Å². The molecule has 0 bridgehead atoms. The van der Waals surface area contributed by atoms with E-state index in [1.54, 1.807) is 0 Å². The molecule has 0 saturated heterocycles. The second kappa shape index (κ2) is 3.24. The van der Waals surface area contributed by atoms with Gasteiger partial charge in [0.05, 0.1) is 0 Å². The SMILES string of the molecule is Cc1ccc(N)c2cc3ccccc3cc12. The second-order valence-electron chi connectivity index (χ2n) is 4.22. The van der Waals surface area contributed by atoms with Gasteiger partial charge in [-0.3, -0.25) is 0 Å². The fourth-order valence-electron chi connectivity index (χ4n) is 2.20. The smallest absolute Gasteiger partial charge is 0.0394 e. The van der Waals surface area contributed by atoms with Crippen molar-refractivity contribution in [3.8, 4) is 0 Å². The van der Waals surface area contributed by atoms with Gasteiger partial charge >= 0.3 is 0 Å². The first kappa shape index (κ1) is 9.22. The summed E-state index contributed by atoms with van der Waals surface area (Å²) >= 11 is 0. The molecule has 0 unspecified atom stereocenters. The fraction of sp³-hybridized carbons (Fsp3) is 0.0667. The Bertz CT molecular complexity index is 623. The van der Waals surface area contributed by atoms with Crippen molar-refractivity contribution in [2.24, 2.45) is 0 Å². The molecule has 3 rings (SSSR count). The van der Waals surface area contributed by atoms with E-state index in [4.69, 9.17) is 5.73 Å². The maximum atomic E-state index is 6.02. The van der Waals surface area contributed by atoms with Crippen LogP contribution in [0.15, 0.2) is 48.5 Å². The highest BCUT2D eigenvalue weighted by Gasteiger charge is 2.02. The van der Waals surface area contributed by atoms with E-state index in [1.165, 1.54) is 21.7 Å². The lowest BCUT2D eigenvalue weighted by atomic mass is 9.99. The van der Waals surface area contributed by atoms with Crippen molar-refractivity contribution >= 4 is 27.2 Å². The number of anilines is 1. The quantitative estimate of drug-likeness (QED) is 0.439. The molecule has 78 valence electrons. The fourth-order valence-corrected chi connectivity index (χ4v) is 2.20. The summed E-state index contributed by atoms with van der Waals surface area (Å²) in [6, 6.07) is 16.8. The molecule has 3 aromatic carbocycles. The van der Waals surface area contributed by atoms with E-state index in [2.05, 4.69) is 49.4 Å². The van der Waals surface area contributed by atoms with Gasteiger partial charge in [0.2, 0.25) is 0 Å². The summed E-state index contributed by atoms with van der Waals surface area (Å²) in [5.74, 6) is 0. The van der Waals surface area contributed by atoms with E-state index < -0.39 is 0 Å². The van der Waals surface area contributed by atoms with Gasteiger partial charge in [-0.15, -0.1) is 0 Å². The average molecular weight is 207 g/mol. The first-order valence-electron chi connectivity index (χ1n) is 5.43. The summed E-state index contributed by atoms with van der Waals surface area (Å²) in [5.41, 5.74) is 8.14. The Hall–Kier alpha value is -2.02. The number of benzene rings is 3. The summed E-state index contributed by atoms with van der Waals surface area (Å²) in [7, 11) is 0. The molecule has 0 aliphatic heterocycles. The van der Waals surface area contributed by atoms with Crippen molar-refractivity contribution in [1.29, 1.82) is 0 Å². The number of hydrogen-bond donors (Lipinski definition) is 1. The monoisotopic (exact) mass is 207 g/mol. The number of nitrogens with two attached hydrogens (primary N) is 1. The molecule has 0 spiro atoms. The van der Waals surface area contributed by atoms with Gasteiger partial charge in [0, 0.05) is 11.1 Å². The number of nitrogen functional groups attached to an aromatic ring is 1. The van der Waals surface area contributed by atoms with Crippen molar-refractivity contribution in [1.82, 2.24) is 0 Å². The first-order valence-corrected chi connectivity index (χ1v) is 5.43. The Balaban J connectivity index is 2.56. The van der Waals surface area contributed by atoms with E-state index in [1.807, 2.05) is 6.07 Å². The zero-order chi connectivity index (χ0) is 11.1. The van der Waals surface area contributed by atoms with Crippen molar-refractivity contribution in [3.05, 3.63) is 54.1 Å². The number of fused-ring (bicyclic) bond motifs is 2. The third-order valence-electron chi connectivity index (χ3n) is 3.13. The molecule has 1 nitrogen and oxygen atoms in total. The van der Waals surface area contributed by atoms with Crippen LogP contribution in [0.2, 0.25) is 0 Å². The normalized spacial score (nSPS) is 11.1. The summed E-state index contributed by atoms with van der Waals surface area (Å²) < 4.78 is 0. The zero-order valence-corrected chi connectivity index (χ0v) is 9.20. The van der Waals surface area contributed by atoms with Gasteiger partial charge in [0.1, 0.15) is 0 Å². The summed E-state index contributed by atoms with van der Waals surface area (Å²) in [6.07, 6.45) is 0. The van der Waals surface area contributed by atoms with Crippen LogP contribution in [0.3, 0.4) is 0 Å². The Morgan fingerprint density at radius 2 is 1.44 bits per heavy atom. The molecule has 0 saturated carbocycles. The van der Waals surface area contributed by atoms with Gasteiger partial charge in [-0.1, -0.05) is 30.3 Å². The van der Waals surface area contributed by atoms with Crippen LogP contribution in [-0.4, -0.2) is 0 Å². The molecule has 3 aromatic rings. The van der Waals surface area contributed by atoms with Crippen LogP contribution >= 0.6 is 0 Å². The van der Waals surface area contributed by atoms with Crippen LogP contribution in [0, 0.1) is 6.92 Å². The van der Waals surface area contributed by atoms with E-state index in [0.717, 1.165) is 11.1 Å². The van der Waals surface area contributed by atoms with E-state index >= 15 is 0 Å². The third kappa shape index (κ3) is 1.25. The number of rotatable bonds is 0. The van der Waals surface area contributed by atoms with Crippen LogP contribution in [0.25, 0.3) is 21.5 Å². The van der Waals surface area contributed by atoms with Crippen molar-refractivity contribution in [3.63, 3.8) is 0 Å². The Kier molecular flexibility index (Phi) is 1.87. The standard InChI is InChI=1S/C15H13N/c1-10-6-7-15(16)14-9-12-5-3-2-4-11(12)8-13(10)14/h2-9H,16H2,1H3. The minimum atomic E-state index is 0.853. The number of aryl methyl sites for hydroxylation is 1. The predicted octanol–water partition coefficient (Wildman–Crippen LogP) is 3.88. The molecule has 0 aliphatic carbocycles. The molecule has 0 heterocycles. The Labute approximate surface area is 94.5 Å². The van der Waals surface area contributed by atoms with Crippen molar-refractivity contribution in [2.45, 2.75) is 6.92 Å². The Morgan fingerprint density at radius 1 is 0.812 bits per heavy atom. The van der Waals surface area contributed by atoms with Crippen molar-refractivity contribution in [2.75, 3.05) is 5.73 Å². The maximum absolute atomic E-state index is 6.02. The molecule has 1 heteroatoms. The Morgan fingerprint density at radius 3 is 2.12 bits per heavy atom. The van der Waals surface area contributed by atoms with Crippen LogP contribution in [0.5, 0.6) is 0 Å². The highest BCUT2D eigenvalue weighted by molar-refractivity contribution is 6.04. The molecule has 0 radical (unpaired) electrons. The van der Waals surface area contributed by atoms with Crippen molar-refractivity contribution < 1.29 is 0 Å². The van der Waals surface area contributed by atoms with Gasteiger partial charge in [-0.2, -0.15) is 0 Å². The first-order chi connectivity index (χ1) is 7.75. The molecule has 16 heavy (non-hydrogen) atoms. The molecule has 0 amide bonds. The van der Waals surface area contributed by atoms with Gasteiger partial charge in [-0.25, -0.2) is 0 Å². The second-order valence-corrected chi connectivity index (χ2v) is 4.22. The summed E-state index contributed by atoms with van der Waals surface area (Å²) in [6.45, 7) is 2.12. The predicted molar refractivity (Wildman–Crippen MR) is 70.6 cm³/mol. The maximum Gasteiger partial charge on any atom is 0.0394 e. The molecule has 0 atom stereocenters. The van der Waals surface area contributed by atoms with E-state index in [0.29, 0.717) is 0 Å². The average Bonchev–Trinajstić information content (AvgIpc) is 2.32. The van der Waals surface area contributed by atoms with Gasteiger partial charge in [0.15, 0.2) is 0 Å². The highest BCUT2D eigenvalue weighted by atomic mass is 14.5.